The molecule has 0 aliphatic carbocycles. The molecule has 0 aromatic rings. The van der Waals surface area contributed by atoms with E-state index in [0.29, 0.717) is 22.8 Å². The van der Waals surface area contributed by atoms with Crippen LogP contribution in [0, 0.1) is 0 Å². The summed E-state index contributed by atoms with van der Waals surface area (Å²) < 4.78 is 0. The molecule has 5 aliphatic heterocycles. The fourth-order valence-corrected chi connectivity index (χ4v) is 3.42. The van der Waals surface area contributed by atoms with Gasteiger partial charge in [-0.05, 0) is 85.2 Å². The molecule has 0 fully saturated rings. The van der Waals surface area contributed by atoms with Gasteiger partial charge < -0.3 is 0 Å². The summed E-state index contributed by atoms with van der Waals surface area (Å²) in [5.74, 6) is 0. The first kappa shape index (κ1) is 18.2. The molecule has 6 nitrogen and oxygen atoms in total. The maximum Gasteiger partial charge on any atom is 0.128 e. The molecule has 5 aliphatic rings. The van der Waals surface area contributed by atoms with E-state index in [0.717, 1.165) is 34.2 Å². The van der Waals surface area contributed by atoms with Gasteiger partial charge in [-0.2, -0.15) is 9.98 Å². The van der Waals surface area contributed by atoms with Crippen LogP contribution < -0.4 is 0 Å². The smallest absolute Gasteiger partial charge is 0.128 e. The first-order valence-electron chi connectivity index (χ1n) is 8.88. The van der Waals surface area contributed by atoms with E-state index in [1.807, 2.05) is 60.8 Å². The first-order chi connectivity index (χ1) is 14.7. The number of hydrogen-bond acceptors (Lipinski definition) is 8. The highest BCUT2D eigenvalue weighted by molar-refractivity contribution is 7.78. The van der Waals surface area contributed by atoms with Gasteiger partial charge in [-0.3, -0.25) is 0 Å². The van der Waals surface area contributed by atoms with Crippen LogP contribution in [0.1, 0.15) is 0 Å². The van der Waals surface area contributed by atoms with E-state index in [4.69, 9.17) is 24.4 Å². The topological polar surface area (TPSA) is 74.2 Å². The van der Waals surface area contributed by atoms with Crippen LogP contribution in [0.3, 0.4) is 0 Å². The van der Waals surface area contributed by atoms with E-state index in [9.17, 15) is 0 Å². The highest BCUT2D eigenvalue weighted by atomic mass is 32.1. The van der Waals surface area contributed by atoms with Gasteiger partial charge in [0.25, 0.3) is 0 Å². The summed E-state index contributed by atoms with van der Waals surface area (Å²) in [5.41, 5.74) is 6.74. The minimum Gasteiger partial charge on any atom is -0.249 e. The van der Waals surface area contributed by atoms with Crippen molar-refractivity contribution in [2.24, 2.45) is 30.0 Å². The van der Waals surface area contributed by atoms with Crippen molar-refractivity contribution in [3.8, 4) is 0 Å². The molecular weight excluding hydrogens is 412 g/mol. The van der Waals surface area contributed by atoms with E-state index < -0.39 is 0 Å². The Balaban J connectivity index is 1.73. The quantitative estimate of drug-likeness (QED) is 0.487. The fraction of sp³-hybridized carbons (Fsp3) is 0. The fourth-order valence-electron chi connectivity index (χ4n) is 3.24. The van der Waals surface area contributed by atoms with Crippen LogP contribution in [0.4, 0.5) is 0 Å². The highest BCUT2D eigenvalue weighted by Crippen LogP contribution is 2.30. The van der Waals surface area contributed by atoms with Crippen molar-refractivity contribution in [3.63, 3.8) is 0 Å². The number of allylic oxidation sites excluding steroid dienone is 10. The van der Waals surface area contributed by atoms with Crippen molar-refractivity contribution in [1.82, 2.24) is 0 Å². The van der Waals surface area contributed by atoms with Crippen LogP contribution in [0.2, 0.25) is 0 Å². The molecule has 30 heavy (non-hydrogen) atoms. The molecule has 0 aromatic heterocycles. The second-order valence-electron chi connectivity index (χ2n) is 6.45. The summed E-state index contributed by atoms with van der Waals surface area (Å²) in [6.07, 6.45) is 19.0. The molecule has 5 rings (SSSR count). The number of isothiocyanates is 2. The Morgan fingerprint density at radius 1 is 0.567 bits per heavy atom. The van der Waals surface area contributed by atoms with E-state index in [1.54, 1.807) is 0 Å². The van der Waals surface area contributed by atoms with Gasteiger partial charge in [-0.15, -0.1) is 0 Å². The Kier molecular flexibility index (Phi) is 4.59. The van der Waals surface area contributed by atoms with Crippen molar-refractivity contribution in [3.05, 3.63) is 94.9 Å². The lowest BCUT2D eigenvalue weighted by Gasteiger charge is -1.96. The number of nitrogens with zero attached hydrogens (tertiary/aromatic N) is 6. The molecule has 0 N–H and O–H groups in total. The lowest BCUT2D eigenvalue weighted by Crippen LogP contribution is -1.95. The van der Waals surface area contributed by atoms with E-state index in [1.165, 1.54) is 0 Å². The Bertz CT molecular complexity index is 1370. The molecule has 8 heteroatoms. The largest absolute Gasteiger partial charge is 0.249 e. The Labute approximate surface area is 182 Å². The van der Waals surface area contributed by atoms with Crippen LogP contribution in [-0.4, -0.2) is 33.2 Å². The number of thiocarbonyl (C=S) groups is 2. The SMILES string of the molecule is S=C=NC1=C(N=C=S)C2=NC1=CC1=NC(=CC3=NC(=CC4=NC(=C2)C=C4)C=C3)C=C1. The van der Waals surface area contributed by atoms with Crippen molar-refractivity contribution in [2.75, 3.05) is 0 Å². The Hall–Kier alpha value is -3.80. The third-order valence-electron chi connectivity index (χ3n) is 4.48. The van der Waals surface area contributed by atoms with Gasteiger partial charge in [0.1, 0.15) is 11.4 Å². The van der Waals surface area contributed by atoms with Crippen molar-refractivity contribution < 1.29 is 0 Å². The van der Waals surface area contributed by atoms with Crippen molar-refractivity contribution in [1.29, 1.82) is 0 Å². The number of hydrogen-bond donors (Lipinski definition) is 0. The third-order valence-corrected chi connectivity index (χ3v) is 4.66. The molecule has 5 heterocycles. The molecule has 8 bridgehead atoms. The molecule has 0 saturated carbocycles. The summed E-state index contributed by atoms with van der Waals surface area (Å²) in [6.45, 7) is 0. The van der Waals surface area contributed by atoms with Crippen molar-refractivity contribution >= 4 is 57.6 Å². The average Bonchev–Trinajstić information content (AvgIpc) is 3.50. The van der Waals surface area contributed by atoms with E-state index in [2.05, 4.69) is 40.3 Å². The molecule has 0 unspecified atom stereocenters. The molecule has 0 amide bonds. The summed E-state index contributed by atoms with van der Waals surface area (Å²) >= 11 is 9.64. The third kappa shape index (κ3) is 3.48. The van der Waals surface area contributed by atoms with E-state index in [-0.39, 0.29) is 0 Å². The zero-order valence-electron chi connectivity index (χ0n) is 15.3. The molecule has 0 aromatic carbocycles. The summed E-state index contributed by atoms with van der Waals surface area (Å²) in [7, 11) is 0. The maximum atomic E-state index is 4.82. The van der Waals surface area contributed by atoms with Crippen LogP contribution in [0.25, 0.3) is 0 Å². The van der Waals surface area contributed by atoms with Crippen LogP contribution in [-0.2, 0) is 0 Å². The summed E-state index contributed by atoms with van der Waals surface area (Å²) in [6, 6.07) is 0. The number of fused-ring (bicyclic) bond motifs is 4. The van der Waals surface area contributed by atoms with Crippen LogP contribution in [0.5, 0.6) is 0 Å². The van der Waals surface area contributed by atoms with Crippen LogP contribution in [0.15, 0.2) is 125 Å². The van der Waals surface area contributed by atoms with Gasteiger partial charge in [0.15, 0.2) is 0 Å². The Morgan fingerprint density at radius 3 is 1.63 bits per heavy atom. The summed E-state index contributed by atoms with van der Waals surface area (Å²) in [5, 5.41) is 4.78. The molecular formula is C22H10N6S2. The van der Waals surface area contributed by atoms with Gasteiger partial charge >= 0.3 is 0 Å². The predicted octanol–water partition coefficient (Wildman–Crippen LogP) is 4.44. The summed E-state index contributed by atoms with van der Waals surface area (Å²) in [4.78, 5) is 26.8. The minimum absolute atomic E-state index is 0.465. The van der Waals surface area contributed by atoms with Gasteiger partial charge in [-0.25, -0.2) is 20.0 Å². The normalized spacial score (nSPS) is 20.4. The van der Waals surface area contributed by atoms with Gasteiger partial charge in [-0.1, -0.05) is 0 Å². The van der Waals surface area contributed by atoms with Gasteiger partial charge in [0, 0.05) is 0 Å². The van der Waals surface area contributed by atoms with E-state index >= 15 is 0 Å². The van der Waals surface area contributed by atoms with Crippen molar-refractivity contribution in [2.45, 2.75) is 0 Å². The number of rotatable bonds is 2. The Morgan fingerprint density at radius 2 is 1.07 bits per heavy atom. The second-order valence-corrected chi connectivity index (χ2v) is 6.81. The highest BCUT2D eigenvalue weighted by Gasteiger charge is 2.24. The molecule has 0 spiro atoms. The molecule has 0 atom stereocenters. The zero-order chi connectivity index (χ0) is 20.5. The van der Waals surface area contributed by atoms with Crippen LogP contribution >= 0.6 is 24.4 Å². The minimum atomic E-state index is 0.465. The van der Waals surface area contributed by atoms with Gasteiger partial charge in [0.2, 0.25) is 0 Å². The monoisotopic (exact) mass is 422 g/mol. The average molecular weight is 422 g/mol. The lowest BCUT2D eigenvalue weighted by atomic mass is 10.2. The number of aliphatic imine (C=N–C) groups is 6. The second kappa shape index (κ2) is 7.55. The lowest BCUT2D eigenvalue weighted by molar-refractivity contribution is 1.26. The first-order valence-corrected chi connectivity index (χ1v) is 9.70. The molecule has 140 valence electrons. The van der Waals surface area contributed by atoms with Gasteiger partial charge in [0.05, 0.1) is 56.0 Å². The molecule has 0 saturated heterocycles. The predicted molar refractivity (Wildman–Crippen MR) is 127 cm³/mol. The molecule has 0 radical (unpaired) electrons. The maximum absolute atomic E-state index is 4.82. The standard InChI is InChI=1S/C22H10N6S2/c29-11-23-21-19-9-17-5-3-15(26-17)7-13-1-2-14(25-13)8-16-4-6-18(27-16)10-20(28-19)22(21)24-12-30/h1-10H. The zero-order valence-corrected chi connectivity index (χ0v) is 16.9.